The molecule has 0 aromatic carbocycles. The normalized spacial score (nSPS) is 12.1. The first-order chi connectivity index (χ1) is 9.91. The minimum atomic E-state index is -3.17. The molecule has 0 bridgehead atoms. The number of anilines is 1. The van der Waals surface area contributed by atoms with E-state index in [9.17, 15) is 13.2 Å². The summed E-state index contributed by atoms with van der Waals surface area (Å²) < 4.78 is 24.2. The van der Waals surface area contributed by atoms with Gasteiger partial charge in [0.05, 0.1) is 12.5 Å². The fourth-order valence-corrected chi connectivity index (χ4v) is 2.88. The number of aromatic nitrogens is 4. The minimum absolute atomic E-state index is 0.275. The summed E-state index contributed by atoms with van der Waals surface area (Å²) >= 11 is 0. The van der Waals surface area contributed by atoms with Crippen molar-refractivity contribution in [3.63, 3.8) is 0 Å². The molecule has 2 rings (SSSR count). The highest BCUT2D eigenvalue weighted by Crippen LogP contribution is 2.04. The van der Waals surface area contributed by atoms with Gasteiger partial charge in [0.25, 0.3) is 5.56 Å². The predicted octanol–water partition coefficient (Wildman–Crippen LogP) is -0.270. The van der Waals surface area contributed by atoms with Crippen LogP contribution in [0.2, 0.25) is 0 Å². The first-order valence-electron chi connectivity index (χ1n) is 6.54. The van der Waals surface area contributed by atoms with Crippen molar-refractivity contribution in [2.24, 2.45) is 0 Å². The number of fused-ring (bicyclic) bond motifs is 1. The molecular weight excluding hydrogens is 296 g/mol. The molecule has 0 unspecified atom stereocenters. The van der Waals surface area contributed by atoms with E-state index in [0.29, 0.717) is 43.0 Å². The van der Waals surface area contributed by atoms with E-state index in [1.54, 1.807) is 6.92 Å². The lowest BCUT2D eigenvalue weighted by molar-refractivity contribution is 0.428. The topological polar surface area (TPSA) is 124 Å². The number of aromatic amines is 2. The Morgan fingerprint density at radius 2 is 2.19 bits per heavy atom. The standard InChI is InChI=1S/C11H18N6O3S/c1-3-17(21(2,19)20)6-4-5-12-11-14-9-8(7-13-16-9)10(18)15-11/h7H,3-6H2,1-2H3,(H3,12,13,14,15,16,18). The first-order valence-corrected chi connectivity index (χ1v) is 8.39. The Morgan fingerprint density at radius 1 is 1.43 bits per heavy atom. The summed E-state index contributed by atoms with van der Waals surface area (Å²) in [6.07, 6.45) is 3.21. The van der Waals surface area contributed by atoms with Crippen LogP contribution in [0.15, 0.2) is 11.0 Å². The third-order valence-electron chi connectivity index (χ3n) is 3.02. The lowest BCUT2D eigenvalue weighted by Gasteiger charge is -2.17. The lowest BCUT2D eigenvalue weighted by Crippen LogP contribution is -2.31. The molecule has 3 N–H and O–H groups in total. The van der Waals surface area contributed by atoms with Gasteiger partial charge in [-0.1, -0.05) is 6.92 Å². The fraction of sp³-hybridized carbons (Fsp3) is 0.545. The molecule has 0 aliphatic carbocycles. The second-order valence-electron chi connectivity index (χ2n) is 4.58. The molecule has 0 saturated carbocycles. The predicted molar refractivity (Wildman–Crippen MR) is 79.7 cm³/mol. The van der Waals surface area contributed by atoms with E-state index in [1.165, 1.54) is 16.8 Å². The fourth-order valence-electron chi connectivity index (χ4n) is 1.95. The van der Waals surface area contributed by atoms with E-state index in [4.69, 9.17) is 0 Å². The zero-order chi connectivity index (χ0) is 15.5. The van der Waals surface area contributed by atoms with E-state index in [0.717, 1.165) is 0 Å². The van der Waals surface area contributed by atoms with Gasteiger partial charge in [0.2, 0.25) is 16.0 Å². The first kappa shape index (κ1) is 15.4. The number of hydrogen-bond acceptors (Lipinski definition) is 6. The highest BCUT2D eigenvalue weighted by Gasteiger charge is 2.13. The van der Waals surface area contributed by atoms with Crippen molar-refractivity contribution in [2.75, 3.05) is 31.2 Å². The van der Waals surface area contributed by atoms with E-state index >= 15 is 0 Å². The zero-order valence-corrected chi connectivity index (χ0v) is 12.7. The summed E-state index contributed by atoms with van der Waals surface area (Å²) in [5, 5.41) is 9.74. The second kappa shape index (κ2) is 6.22. The Morgan fingerprint density at radius 3 is 2.86 bits per heavy atom. The second-order valence-corrected chi connectivity index (χ2v) is 6.56. The molecule has 2 heterocycles. The lowest BCUT2D eigenvalue weighted by atomic mass is 10.4. The maximum absolute atomic E-state index is 11.7. The molecule has 21 heavy (non-hydrogen) atoms. The Bertz CT molecular complexity index is 766. The van der Waals surface area contributed by atoms with Crippen molar-refractivity contribution in [2.45, 2.75) is 13.3 Å². The highest BCUT2D eigenvalue weighted by molar-refractivity contribution is 7.88. The van der Waals surface area contributed by atoms with Gasteiger partial charge in [-0.2, -0.15) is 10.1 Å². The van der Waals surface area contributed by atoms with Crippen LogP contribution in [0.5, 0.6) is 0 Å². The molecule has 0 aliphatic rings. The number of nitrogens with zero attached hydrogens (tertiary/aromatic N) is 3. The summed E-state index contributed by atoms with van der Waals surface area (Å²) in [5.74, 6) is 0.333. The van der Waals surface area contributed by atoms with Crippen LogP contribution in [0.25, 0.3) is 11.0 Å². The van der Waals surface area contributed by atoms with Gasteiger partial charge in [-0.15, -0.1) is 0 Å². The van der Waals surface area contributed by atoms with E-state index in [-0.39, 0.29) is 5.56 Å². The molecule has 2 aromatic heterocycles. The summed E-state index contributed by atoms with van der Waals surface area (Å²) in [7, 11) is -3.17. The van der Waals surface area contributed by atoms with Crippen LogP contribution in [0.1, 0.15) is 13.3 Å². The van der Waals surface area contributed by atoms with Crippen molar-refractivity contribution in [1.82, 2.24) is 24.5 Å². The van der Waals surface area contributed by atoms with Crippen molar-refractivity contribution in [3.8, 4) is 0 Å². The van der Waals surface area contributed by atoms with Gasteiger partial charge < -0.3 is 5.32 Å². The summed E-state index contributed by atoms with van der Waals surface area (Å²) in [4.78, 5) is 18.5. The summed E-state index contributed by atoms with van der Waals surface area (Å²) in [5.41, 5.74) is 0.134. The van der Waals surface area contributed by atoms with Crippen molar-refractivity contribution in [1.29, 1.82) is 0 Å². The van der Waals surface area contributed by atoms with Crippen LogP contribution < -0.4 is 10.9 Å². The smallest absolute Gasteiger partial charge is 0.263 e. The average Bonchev–Trinajstić information content (AvgIpc) is 2.86. The van der Waals surface area contributed by atoms with Crippen LogP contribution in [0, 0.1) is 0 Å². The van der Waals surface area contributed by atoms with Crippen LogP contribution >= 0.6 is 0 Å². The van der Waals surface area contributed by atoms with Crippen molar-refractivity contribution < 1.29 is 8.42 Å². The van der Waals surface area contributed by atoms with Gasteiger partial charge in [-0.3, -0.25) is 14.9 Å². The van der Waals surface area contributed by atoms with Gasteiger partial charge >= 0.3 is 0 Å². The molecule has 0 fully saturated rings. The molecule has 116 valence electrons. The number of sulfonamides is 1. The number of nitrogens with one attached hydrogen (secondary N) is 3. The van der Waals surface area contributed by atoms with Gasteiger partial charge in [-0.05, 0) is 6.42 Å². The molecule has 2 aromatic rings. The average molecular weight is 314 g/mol. The molecule has 0 radical (unpaired) electrons. The van der Waals surface area contributed by atoms with E-state index in [2.05, 4.69) is 25.5 Å². The summed E-state index contributed by atoms with van der Waals surface area (Å²) in [6, 6.07) is 0. The van der Waals surface area contributed by atoms with Crippen LogP contribution in [-0.4, -0.2) is 58.8 Å². The molecule has 9 nitrogen and oxygen atoms in total. The molecular formula is C11H18N6O3S. The van der Waals surface area contributed by atoms with Crippen LogP contribution in [0.3, 0.4) is 0 Å². The monoisotopic (exact) mass is 314 g/mol. The van der Waals surface area contributed by atoms with Crippen molar-refractivity contribution in [3.05, 3.63) is 16.6 Å². The van der Waals surface area contributed by atoms with Crippen molar-refractivity contribution >= 4 is 27.0 Å². The van der Waals surface area contributed by atoms with E-state index in [1.807, 2.05) is 0 Å². The van der Waals surface area contributed by atoms with Gasteiger partial charge in [0, 0.05) is 19.6 Å². The van der Waals surface area contributed by atoms with Crippen LogP contribution in [0.4, 0.5) is 5.95 Å². The Labute approximate surface area is 121 Å². The molecule has 0 aliphatic heterocycles. The van der Waals surface area contributed by atoms with E-state index < -0.39 is 10.0 Å². The van der Waals surface area contributed by atoms with Gasteiger partial charge in [0.1, 0.15) is 5.39 Å². The van der Waals surface area contributed by atoms with Gasteiger partial charge in [-0.25, -0.2) is 12.7 Å². The van der Waals surface area contributed by atoms with Crippen LogP contribution in [-0.2, 0) is 10.0 Å². The quantitative estimate of drug-likeness (QED) is 0.604. The molecule has 0 amide bonds. The minimum Gasteiger partial charge on any atom is -0.356 e. The third kappa shape index (κ3) is 3.79. The zero-order valence-electron chi connectivity index (χ0n) is 11.9. The molecule has 0 spiro atoms. The molecule has 0 atom stereocenters. The maximum Gasteiger partial charge on any atom is 0.263 e. The molecule has 0 saturated heterocycles. The molecule has 10 heteroatoms. The number of H-pyrrole nitrogens is 2. The number of rotatable bonds is 7. The Kier molecular flexibility index (Phi) is 4.58. The Balaban J connectivity index is 1.92. The number of hydrogen-bond donors (Lipinski definition) is 3. The third-order valence-corrected chi connectivity index (χ3v) is 4.40. The summed E-state index contributed by atoms with van der Waals surface area (Å²) in [6.45, 7) is 3.14. The highest BCUT2D eigenvalue weighted by atomic mass is 32.2. The Hall–Kier alpha value is -1.94. The largest absolute Gasteiger partial charge is 0.356 e. The SMILES string of the molecule is CCN(CCCNc1nc2[nH]ncc2c(=O)[nH]1)S(C)(=O)=O. The van der Waals surface area contributed by atoms with Gasteiger partial charge in [0.15, 0.2) is 5.65 Å². The maximum atomic E-state index is 11.7.